The largest absolute Gasteiger partial charge is 0.319 e. The first-order valence-electron chi connectivity index (χ1n) is 9.94. The maximum absolute atomic E-state index is 13.0. The van der Waals surface area contributed by atoms with Gasteiger partial charge in [-0.1, -0.05) is 54.6 Å². The molecular weight excluding hydrogens is 404 g/mol. The van der Waals surface area contributed by atoms with Crippen molar-refractivity contribution in [2.45, 2.75) is 6.92 Å². The summed E-state index contributed by atoms with van der Waals surface area (Å²) in [6.45, 7) is 1.80. The lowest BCUT2D eigenvalue weighted by Gasteiger charge is -2.06. The molecule has 5 rings (SSSR count). The monoisotopic (exact) mass is 422 g/mol. The Balaban J connectivity index is 1.48. The minimum atomic E-state index is -0.414. The fourth-order valence-electron chi connectivity index (χ4n) is 3.30. The van der Waals surface area contributed by atoms with Gasteiger partial charge in [0.2, 0.25) is 5.82 Å². The molecule has 0 fully saturated rings. The number of anilines is 1. The van der Waals surface area contributed by atoms with E-state index in [4.69, 9.17) is 0 Å². The number of carbonyl (C=O) groups excluding carboxylic acids is 1. The van der Waals surface area contributed by atoms with E-state index in [1.807, 2.05) is 72.8 Å². The van der Waals surface area contributed by atoms with Gasteiger partial charge in [-0.2, -0.15) is 4.68 Å². The first-order chi connectivity index (χ1) is 15.7. The van der Waals surface area contributed by atoms with E-state index >= 15 is 0 Å². The fourth-order valence-corrected chi connectivity index (χ4v) is 3.30. The molecule has 0 radical (unpaired) electrons. The molecule has 0 aliphatic rings. The van der Waals surface area contributed by atoms with Crippen LogP contribution in [0.2, 0.25) is 0 Å². The molecule has 0 unspecified atom stereocenters. The Kier molecular flexibility index (Phi) is 4.97. The summed E-state index contributed by atoms with van der Waals surface area (Å²) < 4.78 is 3.26. The molecule has 156 valence electrons. The van der Waals surface area contributed by atoms with Crippen LogP contribution >= 0.6 is 0 Å². The third kappa shape index (κ3) is 3.74. The quantitative estimate of drug-likeness (QED) is 0.465. The number of tetrazole rings is 1. The average Bonchev–Trinajstić information content (AvgIpc) is 3.47. The molecule has 5 aromatic rings. The van der Waals surface area contributed by atoms with E-state index in [9.17, 15) is 4.79 Å². The van der Waals surface area contributed by atoms with Crippen molar-refractivity contribution in [2.24, 2.45) is 0 Å². The molecule has 0 aliphatic carbocycles. The molecule has 2 heterocycles. The zero-order chi connectivity index (χ0) is 21.9. The Morgan fingerprint density at radius 3 is 2.28 bits per heavy atom. The maximum Gasteiger partial charge on any atom is 0.295 e. The van der Waals surface area contributed by atoms with Gasteiger partial charge >= 0.3 is 0 Å². The van der Waals surface area contributed by atoms with Crippen LogP contribution in [0.3, 0.4) is 0 Å². The molecule has 0 spiro atoms. The molecule has 0 saturated carbocycles. The number of rotatable bonds is 5. The van der Waals surface area contributed by atoms with Crippen molar-refractivity contribution in [3.05, 3.63) is 96.6 Å². The predicted octanol–water partition coefficient (Wildman–Crippen LogP) is 3.47. The Morgan fingerprint density at radius 2 is 1.56 bits per heavy atom. The Hall–Kier alpha value is -4.66. The molecule has 0 bridgehead atoms. The van der Waals surface area contributed by atoms with E-state index < -0.39 is 5.91 Å². The number of benzene rings is 3. The van der Waals surface area contributed by atoms with Gasteiger partial charge in [0, 0.05) is 11.3 Å². The lowest BCUT2D eigenvalue weighted by molar-refractivity contribution is 0.101. The number of aromatic nitrogens is 7. The van der Waals surface area contributed by atoms with E-state index in [1.54, 1.807) is 28.4 Å². The summed E-state index contributed by atoms with van der Waals surface area (Å²) in [5, 5.41) is 18.9. The third-order valence-electron chi connectivity index (χ3n) is 4.82. The zero-order valence-electron chi connectivity index (χ0n) is 17.1. The van der Waals surface area contributed by atoms with E-state index in [1.165, 1.54) is 0 Å². The topological polar surface area (TPSA) is 103 Å². The van der Waals surface area contributed by atoms with Crippen LogP contribution in [-0.4, -0.2) is 40.9 Å². The minimum absolute atomic E-state index is 0.0664. The molecule has 2 aromatic heterocycles. The summed E-state index contributed by atoms with van der Waals surface area (Å²) in [6, 6.07) is 26.5. The highest BCUT2D eigenvalue weighted by atomic mass is 16.2. The predicted molar refractivity (Wildman–Crippen MR) is 119 cm³/mol. The average molecular weight is 422 g/mol. The van der Waals surface area contributed by atoms with Gasteiger partial charge in [0.15, 0.2) is 11.6 Å². The molecule has 0 saturated heterocycles. The van der Waals surface area contributed by atoms with Crippen LogP contribution in [0.25, 0.3) is 22.8 Å². The van der Waals surface area contributed by atoms with Crippen LogP contribution < -0.4 is 5.32 Å². The van der Waals surface area contributed by atoms with Gasteiger partial charge in [0.05, 0.1) is 11.4 Å². The summed E-state index contributed by atoms with van der Waals surface area (Å²) >= 11 is 0. The highest BCUT2D eigenvalue weighted by molar-refractivity contribution is 6.02. The highest BCUT2D eigenvalue weighted by Crippen LogP contribution is 2.22. The van der Waals surface area contributed by atoms with Crippen LogP contribution in [0, 0.1) is 6.92 Å². The number of aryl methyl sites for hydroxylation is 1. The lowest BCUT2D eigenvalue weighted by atomic mass is 10.2. The molecule has 9 heteroatoms. The molecule has 0 aliphatic heterocycles. The Morgan fingerprint density at radius 1 is 0.844 bits per heavy atom. The number of para-hydroxylation sites is 1. The third-order valence-corrected chi connectivity index (χ3v) is 4.82. The van der Waals surface area contributed by atoms with Gasteiger partial charge in [-0.3, -0.25) is 4.79 Å². The van der Waals surface area contributed by atoms with Crippen LogP contribution in [0.15, 0.2) is 84.9 Å². The smallest absolute Gasteiger partial charge is 0.295 e. The van der Waals surface area contributed by atoms with Gasteiger partial charge in [-0.25, -0.2) is 9.67 Å². The Bertz CT molecular complexity index is 1320. The number of carbonyl (C=O) groups is 1. The normalized spacial score (nSPS) is 10.8. The number of hydrogen-bond acceptors (Lipinski definition) is 6. The van der Waals surface area contributed by atoms with Gasteiger partial charge in [-0.15, -0.1) is 10.2 Å². The zero-order valence-corrected chi connectivity index (χ0v) is 17.1. The molecule has 32 heavy (non-hydrogen) atoms. The number of amides is 1. The van der Waals surface area contributed by atoms with Crippen LogP contribution in [-0.2, 0) is 0 Å². The Labute approximate surface area is 183 Å². The second-order valence-corrected chi connectivity index (χ2v) is 7.01. The van der Waals surface area contributed by atoms with Gasteiger partial charge in [0.25, 0.3) is 5.91 Å². The minimum Gasteiger partial charge on any atom is -0.319 e. The number of nitrogens with one attached hydrogen (secondary N) is 1. The van der Waals surface area contributed by atoms with E-state index in [0.717, 1.165) is 16.9 Å². The molecule has 1 amide bonds. The van der Waals surface area contributed by atoms with Gasteiger partial charge < -0.3 is 5.32 Å². The SMILES string of the molecule is Cc1nnnn1-c1cccc(NC(=O)c2nc(-c3ccccc3)n(-c3ccccc3)n2)c1. The van der Waals surface area contributed by atoms with Gasteiger partial charge in [-0.05, 0) is 47.7 Å². The molecule has 9 nitrogen and oxygen atoms in total. The second kappa shape index (κ2) is 8.23. The second-order valence-electron chi connectivity index (χ2n) is 7.01. The lowest BCUT2D eigenvalue weighted by Crippen LogP contribution is -2.14. The standard InChI is InChI=1S/C23H18N8O/c1-16-26-28-29-30(16)20-14-8-11-18(15-20)24-23(32)21-25-22(17-9-4-2-5-10-17)31(27-21)19-12-6-3-7-13-19/h2-15H,1H3,(H,24,32). The van der Waals surface area contributed by atoms with E-state index in [0.29, 0.717) is 17.3 Å². The van der Waals surface area contributed by atoms with E-state index in [-0.39, 0.29) is 5.82 Å². The molecule has 0 atom stereocenters. The summed E-state index contributed by atoms with van der Waals surface area (Å²) in [4.78, 5) is 17.6. The molecular formula is C23H18N8O. The maximum atomic E-state index is 13.0. The van der Waals surface area contributed by atoms with Crippen molar-refractivity contribution in [1.29, 1.82) is 0 Å². The molecule has 1 N–H and O–H groups in total. The van der Waals surface area contributed by atoms with Crippen LogP contribution in [0.4, 0.5) is 5.69 Å². The van der Waals surface area contributed by atoms with Gasteiger partial charge in [0.1, 0.15) is 0 Å². The number of hydrogen-bond donors (Lipinski definition) is 1. The molecule has 3 aromatic carbocycles. The summed E-state index contributed by atoms with van der Waals surface area (Å²) in [5.74, 6) is 0.878. The van der Waals surface area contributed by atoms with Crippen molar-refractivity contribution in [3.63, 3.8) is 0 Å². The first-order valence-corrected chi connectivity index (χ1v) is 9.94. The van der Waals surface area contributed by atoms with E-state index in [2.05, 4.69) is 30.9 Å². The number of nitrogens with zero attached hydrogens (tertiary/aromatic N) is 7. The van der Waals surface area contributed by atoms with Crippen molar-refractivity contribution in [3.8, 4) is 22.8 Å². The van der Waals surface area contributed by atoms with Crippen molar-refractivity contribution < 1.29 is 4.79 Å². The summed E-state index contributed by atoms with van der Waals surface area (Å²) in [6.07, 6.45) is 0. The van der Waals surface area contributed by atoms with Crippen molar-refractivity contribution >= 4 is 11.6 Å². The fraction of sp³-hybridized carbons (Fsp3) is 0.0435. The summed E-state index contributed by atoms with van der Waals surface area (Å²) in [5.41, 5.74) is 2.99. The van der Waals surface area contributed by atoms with Crippen LogP contribution in [0.1, 0.15) is 16.4 Å². The highest BCUT2D eigenvalue weighted by Gasteiger charge is 2.19. The van der Waals surface area contributed by atoms with Crippen molar-refractivity contribution in [2.75, 3.05) is 5.32 Å². The first kappa shape index (κ1) is 19.3. The van der Waals surface area contributed by atoms with Crippen LogP contribution in [0.5, 0.6) is 0 Å². The summed E-state index contributed by atoms with van der Waals surface area (Å²) in [7, 11) is 0. The van der Waals surface area contributed by atoms with Crippen molar-refractivity contribution in [1.82, 2.24) is 35.0 Å².